The third kappa shape index (κ3) is 1.20. The van der Waals surface area contributed by atoms with Crippen LogP contribution in [-0.2, 0) is 4.79 Å². The Balaban J connectivity index is 2.96. The summed E-state index contributed by atoms with van der Waals surface area (Å²) in [7, 11) is 0. The lowest BCUT2D eigenvalue weighted by atomic mass is 9.67. The Kier molecular flexibility index (Phi) is 1.90. The maximum absolute atomic E-state index is 11.1. The van der Waals surface area contributed by atoms with Crippen LogP contribution in [0.1, 0.15) is 34.1 Å². The summed E-state index contributed by atoms with van der Waals surface area (Å²) in [5.74, 6) is -0.301. The minimum Gasteiger partial charge on any atom is -0.465 e. The molecule has 0 bridgehead atoms. The molecule has 0 spiro atoms. The topological polar surface area (TPSA) is 57.6 Å². The maximum Gasteiger partial charge on any atom is 0.414 e. The van der Waals surface area contributed by atoms with Crippen molar-refractivity contribution in [1.82, 2.24) is 4.90 Å². The van der Waals surface area contributed by atoms with Gasteiger partial charge in [0.05, 0.1) is 12.0 Å². The van der Waals surface area contributed by atoms with Gasteiger partial charge in [-0.3, -0.25) is 4.79 Å². The first kappa shape index (κ1) is 10.0. The van der Waals surface area contributed by atoms with Gasteiger partial charge in [0.25, 0.3) is 0 Å². The standard InChI is InChI=1S/C9H15NO3/c1-8(2,3)9(4)5-6(11)10(9)7(12)13/h5H2,1-4H3,(H,12,13). The van der Waals surface area contributed by atoms with Crippen LogP contribution in [0.4, 0.5) is 4.79 Å². The zero-order chi connectivity index (χ0) is 10.4. The smallest absolute Gasteiger partial charge is 0.414 e. The number of rotatable bonds is 0. The fourth-order valence-corrected chi connectivity index (χ4v) is 1.55. The Morgan fingerprint density at radius 2 is 2.00 bits per heavy atom. The highest BCUT2D eigenvalue weighted by Crippen LogP contribution is 2.45. The third-order valence-electron chi connectivity index (χ3n) is 3.05. The molecule has 0 saturated carbocycles. The van der Waals surface area contributed by atoms with Gasteiger partial charge in [-0.15, -0.1) is 0 Å². The fraction of sp³-hybridized carbons (Fsp3) is 0.778. The van der Waals surface area contributed by atoms with Crippen molar-refractivity contribution in [3.05, 3.63) is 0 Å². The molecule has 1 rings (SSSR count). The van der Waals surface area contributed by atoms with Gasteiger partial charge in [-0.05, 0) is 12.3 Å². The molecule has 1 unspecified atom stereocenters. The Hall–Kier alpha value is -1.06. The molecule has 74 valence electrons. The Labute approximate surface area is 77.5 Å². The van der Waals surface area contributed by atoms with Crippen molar-refractivity contribution in [2.75, 3.05) is 0 Å². The van der Waals surface area contributed by atoms with Crippen molar-refractivity contribution in [3.8, 4) is 0 Å². The van der Waals surface area contributed by atoms with Crippen LogP contribution < -0.4 is 0 Å². The summed E-state index contributed by atoms with van der Waals surface area (Å²) in [6.07, 6.45) is -0.823. The van der Waals surface area contributed by atoms with Gasteiger partial charge in [-0.25, -0.2) is 9.69 Å². The first-order chi connectivity index (χ1) is 5.70. The van der Waals surface area contributed by atoms with Crippen LogP contribution in [0, 0.1) is 5.41 Å². The minimum absolute atomic E-state index is 0.209. The van der Waals surface area contributed by atoms with E-state index in [-0.39, 0.29) is 11.3 Å². The van der Waals surface area contributed by atoms with Crippen LogP contribution in [0.5, 0.6) is 0 Å². The van der Waals surface area contributed by atoms with E-state index in [0.29, 0.717) is 6.42 Å². The summed E-state index contributed by atoms with van der Waals surface area (Å²) >= 11 is 0. The number of carboxylic acid groups (broad SMARTS) is 1. The number of carbonyl (C=O) groups is 2. The monoisotopic (exact) mass is 185 g/mol. The summed E-state index contributed by atoms with van der Waals surface area (Å²) in [5, 5.41) is 8.81. The molecule has 0 aliphatic carbocycles. The molecular weight excluding hydrogens is 170 g/mol. The number of imide groups is 1. The van der Waals surface area contributed by atoms with Gasteiger partial charge in [0, 0.05) is 0 Å². The molecule has 0 radical (unpaired) electrons. The average molecular weight is 185 g/mol. The molecule has 0 aromatic heterocycles. The van der Waals surface area contributed by atoms with Gasteiger partial charge >= 0.3 is 6.09 Å². The van der Waals surface area contributed by atoms with E-state index >= 15 is 0 Å². The number of carbonyl (C=O) groups excluding carboxylic acids is 1. The van der Waals surface area contributed by atoms with Crippen molar-refractivity contribution in [2.45, 2.75) is 39.7 Å². The van der Waals surface area contributed by atoms with E-state index in [1.165, 1.54) is 0 Å². The number of nitrogens with zero attached hydrogens (tertiary/aromatic N) is 1. The number of likely N-dealkylation sites (tertiary alicyclic amines) is 1. The molecule has 4 nitrogen and oxygen atoms in total. The van der Waals surface area contributed by atoms with Crippen LogP contribution in [0.25, 0.3) is 0 Å². The van der Waals surface area contributed by atoms with Gasteiger partial charge < -0.3 is 5.11 Å². The lowest BCUT2D eigenvalue weighted by Crippen LogP contribution is -2.69. The molecule has 1 atom stereocenters. The molecule has 0 aromatic carbocycles. The van der Waals surface area contributed by atoms with E-state index in [9.17, 15) is 9.59 Å². The summed E-state index contributed by atoms with van der Waals surface area (Å²) in [5.41, 5.74) is -0.755. The van der Waals surface area contributed by atoms with E-state index in [1.54, 1.807) is 0 Å². The summed E-state index contributed by atoms with van der Waals surface area (Å²) in [6.45, 7) is 7.63. The quantitative estimate of drug-likeness (QED) is 0.584. The highest BCUT2D eigenvalue weighted by molar-refractivity contribution is 5.98. The second-order valence-corrected chi connectivity index (χ2v) is 4.71. The van der Waals surface area contributed by atoms with Crippen LogP contribution >= 0.6 is 0 Å². The van der Waals surface area contributed by atoms with Crippen LogP contribution in [0.3, 0.4) is 0 Å². The molecule has 2 amide bonds. The largest absolute Gasteiger partial charge is 0.465 e. The van der Waals surface area contributed by atoms with Crippen molar-refractivity contribution in [1.29, 1.82) is 0 Å². The van der Waals surface area contributed by atoms with E-state index in [2.05, 4.69) is 0 Å². The minimum atomic E-state index is -1.14. The molecule has 1 heterocycles. The third-order valence-corrected chi connectivity index (χ3v) is 3.05. The Morgan fingerprint density at radius 1 is 1.54 bits per heavy atom. The molecule has 1 N–H and O–H groups in total. The van der Waals surface area contributed by atoms with Gasteiger partial charge in [0.2, 0.25) is 5.91 Å². The highest BCUT2D eigenvalue weighted by atomic mass is 16.4. The maximum atomic E-state index is 11.1. The summed E-state index contributed by atoms with van der Waals surface area (Å²) in [4.78, 5) is 22.8. The molecule has 1 aliphatic rings. The van der Waals surface area contributed by atoms with Crippen molar-refractivity contribution in [2.24, 2.45) is 5.41 Å². The van der Waals surface area contributed by atoms with Crippen LogP contribution in [0.15, 0.2) is 0 Å². The van der Waals surface area contributed by atoms with Crippen LogP contribution in [0.2, 0.25) is 0 Å². The van der Waals surface area contributed by atoms with Gasteiger partial charge in [0.15, 0.2) is 0 Å². The SMILES string of the molecule is CC(C)(C)C1(C)CC(=O)N1C(=O)O. The normalized spacial score (nSPS) is 28.6. The number of amides is 2. The molecular formula is C9H15NO3. The second kappa shape index (κ2) is 2.47. The fourth-order valence-electron chi connectivity index (χ4n) is 1.55. The van der Waals surface area contributed by atoms with Crippen molar-refractivity contribution < 1.29 is 14.7 Å². The average Bonchev–Trinajstić information content (AvgIpc) is 1.81. The van der Waals surface area contributed by atoms with Crippen molar-refractivity contribution >= 4 is 12.0 Å². The highest BCUT2D eigenvalue weighted by Gasteiger charge is 2.57. The number of hydrogen-bond acceptors (Lipinski definition) is 2. The van der Waals surface area contributed by atoms with Gasteiger partial charge in [0.1, 0.15) is 0 Å². The Bertz CT molecular complexity index is 259. The predicted molar refractivity (Wildman–Crippen MR) is 47.3 cm³/mol. The number of hydrogen-bond donors (Lipinski definition) is 1. The zero-order valence-corrected chi connectivity index (χ0v) is 8.42. The lowest BCUT2D eigenvalue weighted by molar-refractivity contribution is -0.159. The van der Waals surface area contributed by atoms with E-state index in [4.69, 9.17) is 5.11 Å². The molecule has 4 heteroatoms. The van der Waals surface area contributed by atoms with E-state index in [1.807, 2.05) is 27.7 Å². The molecule has 1 aliphatic heterocycles. The van der Waals surface area contributed by atoms with Crippen molar-refractivity contribution in [3.63, 3.8) is 0 Å². The summed E-state index contributed by atoms with van der Waals surface area (Å²) in [6, 6.07) is 0. The van der Waals surface area contributed by atoms with E-state index in [0.717, 1.165) is 4.90 Å². The number of β-lactam (4-membered cyclic amide) rings is 1. The van der Waals surface area contributed by atoms with Crippen LogP contribution in [-0.4, -0.2) is 27.5 Å². The van der Waals surface area contributed by atoms with Gasteiger partial charge in [-0.1, -0.05) is 20.8 Å². The van der Waals surface area contributed by atoms with E-state index < -0.39 is 11.6 Å². The first-order valence-corrected chi connectivity index (χ1v) is 4.26. The molecule has 0 aromatic rings. The molecule has 1 fully saturated rings. The first-order valence-electron chi connectivity index (χ1n) is 4.26. The molecule has 13 heavy (non-hydrogen) atoms. The zero-order valence-electron chi connectivity index (χ0n) is 8.42. The Morgan fingerprint density at radius 3 is 2.15 bits per heavy atom. The second-order valence-electron chi connectivity index (χ2n) is 4.71. The lowest BCUT2D eigenvalue weighted by Gasteiger charge is -2.54. The van der Waals surface area contributed by atoms with Gasteiger partial charge in [-0.2, -0.15) is 0 Å². The molecule has 1 saturated heterocycles. The summed E-state index contributed by atoms with van der Waals surface area (Å²) < 4.78 is 0. The predicted octanol–water partition coefficient (Wildman–Crippen LogP) is 1.70.